The summed E-state index contributed by atoms with van der Waals surface area (Å²) in [7, 11) is 0. The topological polar surface area (TPSA) is 81.8 Å². The van der Waals surface area contributed by atoms with Crippen LogP contribution in [0.25, 0.3) is 0 Å². The zero-order valence-corrected chi connectivity index (χ0v) is 9.85. The Morgan fingerprint density at radius 1 is 1.59 bits per heavy atom. The number of aliphatic hydroxyl groups excluding tert-OH is 1. The van der Waals surface area contributed by atoms with Gasteiger partial charge in [-0.25, -0.2) is 4.79 Å². The van der Waals surface area contributed by atoms with Gasteiger partial charge in [0.05, 0.1) is 11.5 Å². The van der Waals surface area contributed by atoms with Crippen LogP contribution in [-0.4, -0.2) is 40.0 Å². The van der Waals surface area contributed by atoms with Gasteiger partial charge in [-0.15, -0.1) is 0 Å². The first-order valence-corrected chi connectivity index (χ1v) is 5.99. The molecular formula is C11H17NO5. The van der Waals surface area contributed by atoms with E-state index in [0.717, 1.165) is 19.3 Å². The summed E-state index contributed by atoms with van der Waals surface area (Å²) in [5, 5.41) is 21.7. The molecule has 17 heavy (non-hydrogen) atoms. The molecule has 0 aromatic heterocycles. The predicted octanol–water partition coefficient (Wildman–Crippen LogP) is 0.510. The molecule has 0 amide bonds. The third kappa shape index (κ3) is 1.97. The molecule has 1 aliphatic carbocycles. The molecule has 96 valence electrons. The van der Waals surface area contributed by atoms with E-state index in [9.17, 15) is 15.1 Å². The van der Waals surface area contributed by atoms with Crippen LogP contribution in [0.5, 0.6) is 0 Å². The van der Waals surface area contributed by atoms with Crippen LogP contribution >= 0.6 is 0 Å². The van der Waals surface area contributed by atoms with Crippen molar-refractivity contribution in [2.75, 3.05) is 6.61 Å². The van der Waals surface area contributed by atoms with E-state index in [1.54, 1.807) is 6.92 Å². The van der Waals surface area contributed by atoms with Crippen LogP contribution in [0.2, 0.25) is 0 Å². The van der Waals surface area contributed by atoms with Gasteiger partial charge >= 0.3 is 11.7 Å². The van der Waals surface area contributed by atoms with Crippen LogP contribution in [0.3, 0.4) is 0 Å². The molecule has 1 aliphatic heterocycles. The fraction of sp³-hybridized carbons (Fsp3) is 0.818. The highest BCUT2D eigenvalue weighted by Crippen LogP contribution is 2.38. The van der Waals surface area contributed by atoms with Crippen molar-refractivity contribution in [3.05, 3.63) is 5.21 Å². The largest absolute Gasteiger partial charge is 0.458 e. The van der Waals surface area contributed by atoms with Crippen LogP contribution < -0.4 is 0 Å². The van der Waals surface area contributed by atoms with Gasteiger partial charge in [0, 0.05) is 0 Å². The summed E-state index contributed by atoms with van der Waals surface area (Å²) in [6.07, 6.45) is 2.85. The van der Waals surface area contributed by atoms with E-state index in [2.05, 4.69) is 0 Å². The fourth-order valence-corrected chi connectivity index (χ4v) is 2.52. The minimum absolute atomic E-state index is 0.133. The third-order valence-electron chi connectivity index (χ3n) is 3.40. The number of carbonyl (C=O) groups excluding carboxylic acids is 1. The number of nitrogens with zero attached hydrogens (tertiary/aromatic N) is 1. The number of rotatable bonds is 2. The Morgan fingerprint density at radius 2 is 2.24 bits per heavy atom. The number of esters is 1. The lowest BCUT2D eigenvalue weighted by Crippen LogP contribution is -2.47. The number of carbonyl (C=O) groups is 1. The summed E-state index contributed by atoms with van der Waals surface area (Å²) in [5.41, 5.74) is -1.24. The molecule has 1 saturated carbocycles. The minimum Gasteiger partial charge on any atom is -0.458 e. The molecule has 1 N–H and O–H groups in total. The van der Waals surface area contributed by atoms with Crippen molar-refractivity contribution in [2.45, 2.75) is 50.7 Å². The molecule has 1 fully saturated rings. The second kappa shape index (κ2) is 4.52. The van der Waals surface area contributed by atoms with Gasteiger partial charge in [0.2, 0.25) is 0 Å². The SMILES string of the molecule is CCOC(=O)C1=[N+]([O-])OC2(CCCCC2)C1O. The normalized spacial score (nSPS) is 27.1. The summed E-state index contributed by atoms with van der Waals surface area (Å²) in [4.78, 5) is 16.9. The molecule has 1 heterocycles. The predicted molar refractivity (Wildman–Crippen MR) is 58.2 cm³/mol. The lowest BCUT2D eigenvalue weighted by molar-refractivity contribution is -0.753. The molecule has 2 aliphatic rings. The maximum atomic E-state index is 11.6. The Hall–Kier alpha value is -1.30. The van der Waals surface area contributed by atoms with Crippen molar-refractivity contribution in [2.24, 2.45) is 0 Å². The number of aliphatic hydroxyl groups is 1. The zero-order chi connectivity index (χ0) is 12.5. The van der Waals surface area contributed by atoms with Gasteiger partial charge < -0.3 is 14.7 Å². The van der Waals surface area contributed by atoms with Gasteiger partial charge in [-0.05, 0) is 19.8 Å². The Bertz CT molecular complexity index is 346. The highest BCUT2D eigenvalue weighted by molar-refractivity contribution is 6.36. The van der Waals surface area contributed by atoms with E-state index in [1.807, 2.05) is 0 Å². The van der Waals surface area contributed by atoms with Gasteiger partial charge in [-0.3, -0.25) is 5.21 Å². The number of hydrogen-bond acceptors (Lipinski definition) is 5. The average molecular weight is 243 g/mol. The standard InChI is InChI=1S/C11H17NO5/c1-2-16-10(14)8-9(13)11(17-12(8)15)6-4-3-5-7-11/h9,13H,2-7H2,1H3. The lowest BCUT2D eigenvalue weighted by Gasteiger charge is -2.35. The van der Waals surface area contributed by atoms with Crippen molar-refractivity contribution in [3.8, 4) is 0 Å². The fourth-order valence-electron chi connectivity index (χ4n) is 2.52. The Balaban J connectivity index is 2.18. The highest BCUT2D eigenvalue weighted by atomic mass is 16.9. The molecule has 2 rings (SSSR count). The molecule has 1 unspecified atom stereocenters. The van der Waals surface area contributed by atoms with Crippen LogP contribution in [0, 0.1) is 5.21 Å². The first-order chi connectivity index (χ1) is 8.10. The molecule has 0 radical (unpaired) electrons. The molecule has 6 nitrogen and oxygen atoms in total. The van der Waals surface area contributed by atoms with Gasteiger partial charge in [0.15, 0.2) is 6.10 Å². The summed E-state index contributed by atoms with van der Waals surface area (Å²) in [5.74, 6) is -0.794. The molecule has 0 saturated heterocycles. The van der Waals surface area contributed by atoms with Crippen molar-refractivity contribution in [1.82, 2.24) is 0 Å². The van der Waals surface area contributed by atoms with E-state index in [0.29, 0.717) is 12.8 Å². The van der Waals surface area contributed by atoms with Crippen molar-refractivity contribution in [3.63, 3.8) is 0 Å². The monoisotopic (exact) mass is 243 g/mol. The molecule has 0 bridgehead atoms. The first-order valence-electron chi connectivity index (χ1n) is 5.99. The zero-order valence-electron chi connectivity index (χ0n) is 9.85. The average Bonchev–Trinajstić information content (AvgIpc) is 2.52. The third-order valence-corrected chi connectivity index (χ3v) is 3.40. The van der Waals surface area contributed by atoms with E-state index in [1.165, 1.54) is 0 Å². The van der Waals surface area contributed by atoms with E-state index in [-0.39, 0.29) is 17.2 Å². The maximum Gasteiger partial charge on any atom is 0.408 e. The van der Waals surface area contributed by atoms with Crippen LogP contribution in [-0.2, 0) is 14.4 Å². The molecule has 6 heteroatoms. The first kappa shape index (κ1) is 12.2. The van der Waals surface area contributed by atoms with Gasteiger partial charge in [0.25, 0.3) is 0 Å². The second-order valence-corrected chi connectivity index (χ2v) is 4.48. The van der Waals surface area contributed by atoms with Crippen LogP contribution in [0.15, 0.2) is 0 Å². The van der Waals surface area contributed by atoms with Crippen molar-refractivity contribution < 1.29 is 24.4 Å². The minimum atomic E-state index is -1.18. The Morgan fingerprint density at radius 3 is 2.82 bits per heavy atom. The number of hydrogen-bond donors (Lipinski definition) is 1. The number of ether oxygens (including phenoxy) is 1. The smallest absolute Gasteiger partial charge is 0.408 e. The van der Waals surface area contributed by atoms with Crippen molar-refractivity contribution in [1.29, 1.82) is 0 Å². The van der Waals surface area contributed by atoms with E-state index >= 15 is 0 Å². The molecule has 1 atom stereocenters. The Labute approximate surface area is 99.4 Å². The Kier molecular flexibility index (Phi) is 3.24. The molecule has 1 spiro atoms. The summed E-state index contributed by atoms with van der Waals surface area (Å²) in [6, 6.07) is 0. The molecule has 0 aromatic carbocycles. The molecular weight excluding hydrogens is 226 g/mol. The highest BCUT2D eigenvalue weighted by Gasteiger charge is 2.54. The quantitative estimate of drug-likeness (QED) is 0.564. The van der Waals surface area contributed by atoms with Gasteiger partial charge in [-0.1, -0.05) is 19.3 Å². The van der Waals surface area contributed by atoms with Crippen LogP contribution in [0.1, 0.15) is 39.0 Å². The van der Waals surface area contributed by atoms with Gasteiger partial charge in [0.1, 0.15) is 5.60 Å². The summed E-state index contributed by atoms with van der Waals surface area (Å²) < 4.78 is 4.74. The second-order valence-electron chi connectivity index (χ2n) is 4.48. The maximum absolute atomic E-state index is 11.6. The summed E-state index contributed by atoms with van der Waals surface area (Å²) in [6.45, 7) is 1.81. The lowest BCUT2D eigenvalue weighted by atomic mass is 9.79. The van der Waals surface area contributed by atoms with Gasteiger partial charge in [-0.2, -0.15) is 0 Å². The van der Waals surface area contributed by atoms with Crippen LogP contribution in [0.4, 0.5) is 0 Å². The molecule has 0 aromatic rings. The van der Waals surface area contributed by atoms with E-state index < -0.39 is 17.7 Å². The summed E-state index contributed by atoms with van der Waals surface area (Å²) >= 11 is 0. The van der Waals surface area contributed by atoms with E-state index in [4.69, 9.17) is 9.57 Å². The van der Waals surface area contributed by atoms with Crippen molar-refractivity contribution >= 4 is 11.7 Å².